The molecule has 0 bridgehead atoms. The van der Waals surface area contributed by atoms with Gasteiger partial charge in [0, 0.05) is 19.5 Å². The smallest absolute Gasteiger partial charge is 0.312 e. The monoisotopic (exact) mass is 396 g/mol. The maximum absolute atomic E-state index is 12.5. The van der Waals surface area contributed by atoms with E-state index >= 15 is 0 Å². The van der Waals surface area contributed by atoms with Crippen molar-refractivity contribution in [2.24, 2.45) is 5.92 Å². The third-order valence-electron chi connectivity index (χ3n) is 4.79. The van der Waals surface area contributed by atoms with E-state index < -0.39 is 23.9 Å². The van der Waals surface area contributed by atoms with Crippen LogP contribution < -0.4 is 10.1 Å². The Morgan fingerprint density at radius 2 is 1.83 bits per heavy atom. The summed E-state index contributed by atoms with van der Waals surface area (Å²) < 4.78 is 10.5. The molecule has 0 saturated carbocycles. The molecule has 7 heteroatoms. The second-order valence-corrected chi connectivity index (χ2v) is 6.93. The third-order valence-corrected chi connectivity index (χ3v) is 4.79. The molecule has 0 radical (unpaired) electrons. The number of rotatable bonds is 7. The van der Waals surface area contributed by atoms with Gasteiger partial charge in [0.15, 0.2) is 6.10 Å². The van der Waals surface area contributed by atoms with Crippen molar-refractivity contribution < 1.29 is 23.9 Å². The summed E-state index contributed by atoms with van der Waals surface area (Å²) in [7, 11) is 1.51. The molecule has 0 aliphatic carbocycles. The number of methoxy groups -OCH3 is 1. The molecule has 0 spiro atoms. The Morgan fingerprint density at radius 1 is 1.14 bits per heavy atom. The zero-order valence-electron chi connectivity index (χ0n) is 16.5. The average molecular weight is 396 g/mol. The van der Waals surface area contributed by atoms with Crippen LogP contribution in [0.1, 0.15) is 18.9 Å². The number of nitrogens with one attached hydrogen (secondary N) is 1. The van der Waals surface area contributed by atoms with Crippen LogP contribution in [-0.2, 0) is 25.7 Å². The number of carbonyl (C=O) groups is 3. The number of ether oxygens (including phenoxy) is 2. The second kappa shape index (κ2) is 9.23. The van der Waals surface area contributed by atoms with E-state index in [0.29, 0.717) is 18.0 Å². The van der Waals surface area contributed by atoms with Gasteiger partial charge in [-0.15, -0.1) is 0 Å². The van der Waals surface area contributed by atoms with Gasteiger partial charge in [0.25, 0.3) is 5.91 Å². The maximum atomic E-state index is 12.5. The lowest BCUT2D eigenvalue weighted by Gasteiger charge is -2.18. The predicted molar refractivity (Wildman–Crippen MR) is 107 cm³/mol. The van der Waals surface area contributed by atoms with Crippen molar-refractivity contribution >= 4 is 23.5 Å². The van der Waals surface area contributed by atoms with E-state index in [1.807, 2.05) is 30.3 Å². The molecule has 29 heavy (non-hydrogen) atoms. The molecule has 1 aliphatic heterocycles. The number of hydrogen-bond donors (Lipinski definition) is 1. The van der Waals surface area contributed by atoms with Gasteiger partial charge in [0.05, 0.1) is 18.7 Å². The maximum Gasteiger partial charge on any atom is 0.312 e. The lowest BCUT2D eigenvalue weighted by Crippen LogP contribution is -2.33. The van der Waals surface area contributed by atoms with Gasteiger partial charge in [0.1, 0.15) is 5.75 Å². The fraction of sp³-hybridized carbons (Fsp3) is 0.318. The highest BCUT2D eigenvalue weighted by Gasteiger charge is 2.36. The van der Waals surface area contributed by atoms with E-state index in [2.05, 4.69) is 5.32 Å². The van der Waals surface area contributed by atoms with Gasteiger partial charge >= 0.3 is 5.97 Å². The number of nitrogens with zero attached hydrogens (tertiary/aromatic N) is 1. The molecule has 1 saturated heterocycles. The SMILES string of the molecule is COc1ccccc1NC(=O)[C@@H](C)OC(=O)[C@H]1CC(=O)N(Cc2ccccc2)C1. The number of carbonyl (C=O) groups excluding carboxylic acids is 3. The summed E-state index contributed by atoms with van der Waals surface area (Å²) >= 11 is 0. The summed E-state index contributed by atoms with van der Waals surface area (Å²) in [5.41, 5.74) is 1.49. The standard InChI is InChI=1S/C22H24N2O5/c1-15(21(26)23-18-10-6-7-11-19(18)28-2)29-22(27)17-12-20(25)24(14-17)13-16-8-4-3-5-9-16/h3-11,15,17H,12-14H2,1-2H3,(H,23,26)/t15-,17+/m1/s1. The summed E-state index contributed by atoms with van der Waals surface area (Å²) in [5, 5.41) is 2.69. The summed E-state index contributed by atoms with van der Waals surface area (Å²) in [4.78, 5) is 38.7. The molecule has 2 amide bonds. The van der Waals surface area contributed by atoms with Crippen molar-refractivity contribution in [3.05, 3.63) is 60.2 Å². The fourth-order valence-corrected chi connectivity index (χ4v) is 3.19. The van der Waals surface area contributed by atoms with Crippen molar-refractivity contribution in [3.8, 4) is 5.75 Å². The topological polar surface area (TPSA) is 84.9 Å². The highest BCUT2D eigenvalue weighted by molar-refractivity contribution is 5.96. The van der Waals surface area contributed by atoms with Gasteiger partial charge in [-0.05, 0) is 24.6 Å². The van der Waals surface area contributed by atoms with Crippen LogP contribution in [-0.4, -0.2) is 42.4 Å². The number of benzene rings is 2. The molecule has 1 aliphatic rings. The van der Waals surface area contributed by atoms with Gasteiger partial charge in [-0.25, -0.2) is 0 Å². The molecule has 1 fully saturated rings. The first-order chi connectivity index (χ1) is 14.0. The van der Waals surface area contributed by atoms with Crippen LogP contribution in [0.2, 0.25) is 0 Å². The van der Waals surface area contributed by atoms with Gasteiger partial charge < -0.3 is 19.7 Å². The summed E-state index contributed by atoms with van der Waals surface area (Å²) in [6.45, 7) is 2.24. The summed E-state index contributed by atoms with van der Waals surface area (Å²) in [6, 6.07) is 16.6. The van der Waals surface area contributed by atoms with Crippen LogP contribution in [0.4, 0.5) is 5.69 Å². The lowest BCUT2D eigenvalue weighted by molar-refractivity contribution is -0.157. The number of anilines is 1. The molecule has 3 rings (SSSR count). The molecule has 152 valence electrons. The Hall–Kier alpha value is -3.35. The minimum absolute atomic E-state index is 0.0898. The molecule has 0 aromatic heterocycles. The first kappa shape index (κ1) is 20.4. The van der Waals surface area contributed by atoms with Gasteiger partial charge in [-0.2, -0.15) is 0 Å². The molecular weight excluding hydrogens is 372 g/mol. The fourth-order valence-electron chi connectivity index (χ4n) is 3.19. The lowest BCUT2D eigenvalue weighted by atomic mass is 10.1. The normalized spacial score (nSPS) is 17.0. The number of likely N-dealkylation sites (tertiary alicyclic amines) is 1. The molecule has 2 atom stereocenters. The molecule has 1 heterocycles. The van der Waals surface area contributed by atoms with E-state index in [4.69, 9.17) is 9.47 Å². The number of amides is 2. The van der Waals surface area contributed by atoms with Crippen molar-refractivity contribution in [2.75, 3.05) is 19.0 Å². The molecule has 2 aromatic rings. The minimum atomic E-state index is -0.995. The Kier molecular flexibility index (Phi) is 6.49. The Bertz CT molecular complexity index is 884. The zero-order chi connectivity index (χ0) is 20.8. The summed E-state index contributed by atoms with van der Waals surface area (Å²) in [5.74, 6) is -1.17. The van der Waals surface area contributed by atoms with Crippen molar-refractivity contribution in [3.63, 3.8) is 0 Å². The predicted octanol–water partition coefficient (Wildman–Crippen LogP) is 2.61. The number of para-hydroxylation sites is 2. The van der Waals surface area contributed by atoms with Gasteiger partial charge in [0.2, 0.25) is 5.91 Å². The van der Waals surface area contributed by atoms with Crippen molar-refractivity contribution in [1.29, 1.82) is 0 Å². The molecular formula is C22H24N2O5. The molecule has 7 nitrogen and oxygen atoms in total. The van der Waals surface area contributed by atoms with Crippen LogP contribution in [0.3, 0.4) is 0 Å². The van der Waals surface area contributed by atoms with Crippen LogP contribution >= 0.6 is 0 Å². The summed E-state index contributed by atoms with van der Waals surface area (Å²) in [6.07, 6.45) is -0.905. The van der Waals surface area contributed by atoms with Crippen LogP contribution in [0, 0.1) is 5.92 Å². The van der Waals surface area contributed by atoms with E-state index in [1.54, 1.807) is 29.2 Å². The van der Waals surface area contributed by atoms with Crippen LogP contribution in [0.5, 0.6) is 5.75 Å². The molecule has 1 N–H and O–H groups in total. The Morgan fingerprint density at radius 3 is 2.55 bits per heavy atom. The largest absolute Gasteiger partial charge is 0.495 e. The average Bonchev–Trinajstić information content (AvgIpc) is 3.09. The minimum Gasteiger partial charge on any atom is -0.495 e. The third kappa shape index (κ3) is 5.13. The Balaban J connectivity index is 1.54. The van der Waals surface area contributed by atoms with E-state index in [1.165, 1.54) is 14.0 Å². The van der Waals surface area contributed by atoms with Crippen LogP contribution in [0.15, 0.2) is 54.6 Å². The zero-order valence-corrected chi connectivity index (χ0v) is 16.5. The first-order valence-corrected chi connectivity index (χ1v) is 9.44. The number of hydrogen-bond acceptors (Lipinski definition) is 5. The van der Waals surface area contributed by atoms with Crippen molar-refractivity contribution in [1.82, 2.24) is 4.90 Å². The second-order valence-electron chi connectivity index (χ2n) is 6.93. The quantitative estimate of drug-likeness (QED) is 0.728. The Labute approximate surface area is 169 Å². The number of esters is 1. The molecule has 0 unspecified atom stereocenters. The van der Waals surface area contributed by atoms with Crippen molar-refractivity contribution in [2.45, 2.75) is 26.0 Å². The van der Waals surface area contributed by atoms with Crippen LogP contribution in [0.25, 0.3) is 0 Å². The highest BCUT2D eigenvalue weighted by atomic mass is 16.5. The van der Waals surface area contributed by atoms with E-state index in [0.717, 1.165) is 5.56 Å². The first-order valence-electron chi connectivity index (χ1n) is 9.44. The highest BCUT2D eigenvalue weighted by Crippen LogP contribution is 2.24. The van der Waals surface area contributed by atoms with E-state index in [9.17, 15) is 14.4 Å². The van der Waals surface area contributed by atoms with E-state index in [-0.39, 0.29) is 18.9 Å². The van der Waals surface area contributed by atoms with Gasteiger partial charge in [-0.1, -0.05) is 42.5 Å². The van der Waals surface area contributed by atoms with Gasteiger partial charge in [-0.3, -0.25) is 14.4 Å². The molecule has 2 aromatic carbocycles.